The minimum atomic E-state index is 0.488. The summed E-state index contributed by atoms with van der Waals surface area (Å²) in [4.78, 5) is 0. The normalized spacial score (nSPS) is 10.5. The Kier molecular flexibility index (Phi) is 8.66. The van der Waals surface area contributed by atoms with Gasteiger partial charge in [-0.2, -0.15) is 0 Å². The van der Waals surface area contributed by atoms with Crippen molar-refractivity contribution in [3.8, 4) is 17.2 Å². The van der Waals surface area contributed by atoms with Crippen LogP contribution in [0.3, 0.4) is 0 Å². The molecular formula is C20H26O5. The van der Waals surface area contributed by atoms with Gasteiger partial charge in [0.2, 0.25) is 0 Å². The van der Waals surface area contributed by atoms with Gasteiger partial charge in [-0.3, -0.25) is 0 Å². The Morgan fingerprint density at radius 1 is 0.560 bits per heavy atom. The molecular weight excluding hydrogens is 320 g/mol. The van der Waals surface area contributed by atoms with Gasteiger partial charge in [0.15, 0.2) is 0 Å². The van der Waals surface area contributed by atoms with Crippen LogP contribution in [-0.4, -0.2) is 46.8 Å². The van der Waals surface area contributed by atoms with E-state index < -0.39 is 0 Å². The molecule has 0 saturated carbocycles. The van der Waals surface area contributed by atoms with E-state index in [4.69, 9.17) is 23.7 Å². The van der Waals surface area contributed by atoms with Crippen LogP contribution in [0.25, 0.3) is 0 Å². The van der Waals surface area contributed by atoms with Gasteiger partial charge in [0.1, 0.15) is 37.1 Å². The highest BCUT2D eigenvalue weighted by atomic mass is 16.5. The van der Waals surface area contributed by atoms with Crippen LogP contribution >= 0.6 is 0 Å². The van der Waals surface area contributed by atoms with E-state index in [9.17, 15) is 0 Å². The number of methoxy groups -OCH3 is 1. The van der Waals surface area contributed by atoms with Crippen molar-refractivity contribution in [1.82, 2.24) is 0 Å². The van der Waals surface area contributed by atoms with Gasteiger partial charge in [-0.25, -0.2) is 0 Å². The van der Waals surface area contributed by atoms with Crippen LogP contribution in [0, 0.1) is 6.92 Å². The van der Waals surface area contributed by atoms with Crippen LogP contribution in [-0.2, 0) is 9.47 Å². The first kappa shape index (κ1) is 19.1. The molecule has 2 aromatic carbocycles. The molecule has 0 aliphatic heterocycles. The minimum Gasteiger partial charge on any atom is -0.491 e. The highest BCUT2D eigenvalue weighted by Crippen LogP contribution is 2.17. The Bertz CT molecular complexity index is 580. The van der Waals surface area contributed by atoms with Crippen molar-refractivity contribution in [2.24, 2.45) is 0 Å². The van der Waals surface area contributed by atoms with E-state index in [2.05, 4.69) is 6.92 Å². The molecule has 136 valence electrons. The maximum atomic E-state index is 5.66. The molecule has 0 bridgehead atoms. The summed E-state index contributed by atoms with van der Waals surface area (Å²) in [5.74, 6) is 2.43. The van der Waals surface area contributed by atoms with E-state index in [0.29, 0.717) is 39.6 Å². The molecule has 5 nitrogen and oxygen atoms in total. The lowest BCUT2D eigenvalue weighted by Gasteiger charge is -2.10. The highest BCUT2D eigenvalue weighted by Gasteiger charge is 1.98. The fourth-order valence-electron chi connectivity index (χ4n) is 2.05. The first-order valence-electron chi connectivity index (χ1n) is 8.40. The third kappa shape index (κ3) is 7.92. The molecule has 0 N–H and O–H groups in total. The quantitative estimate of drug-likeness (QED) is 0.551. The Morgan fingerprint density at radius 2 is 0.960 bits per heavy atom. The standard InChI is InChI=1S/C20H26O5/c1-17-3-5-18(6-4-17)24-15-16-25-20-9-7-19(8-10-20)23-14-13-22-12-11-21-2/h3-10H,11-16H2,1-2H3. The molecule has 0 atom stereocenters. The zero-order chi connectivity index (χ0) is 17.7. The maximum Gasteiger partial charge on any atom is 0.122 e. The topological polar surface area (TPSA) is 46.2 Å². The van der Waals surface area contributed by atoms with Gasteiger partial charge in [-0.1, -0.05) is 17.7 Å². The molecule has 0 spiro atoms. The second-order valence-corrected chi connectivity index (χ2v) is 5.44. The Balaban J connectivity index is 1.59. The molecule has 0 aliphatic carbocycles. The van der Waals surface area contributed by atoms with E-state index in [1.807, 2.05) is 48.5 Å². The third-order valence-electron chi connectivity index (χ3n) is 3.39. The van der Waals surface area contributed by atoms with Crippen molar-refractivity contribution in [2.75, 3.05) is 46.8 Å². The second-order valence-electron chi connectivity index (χ2n) is 5.44. The van der Waals surface area contributed by atoms with Gasteiger partial charge in [0, 0.05) is 7.11 Å². The number of benzene rings is 2. The van der Waals surface area contributed by atoms with Crippen molar-refractivity contribution >= 4 is 0 Å². The molecule has 0 aromatic heterocycles. The molecule has 0 unspecified atom stereocenters. The molecule has 0 fully saturated rings. The van der Waals surface area contributed by atoms with Crippen molar-refractivity contribution in [1.29, 1.82) is 0 Å². The van der Waals surface area contributed by atoms with Gasteiger partial charge >= 0.3 is 0 Å². The summed E-state index contributed by atoms with van der Waals surface area (Å²) >= 11 is 0. The fraction of sp³-hybridized carbons (Fsp3) is 0.400. The van der Waals surface area contributed by atoms with E-state index in [0.717, 1.165) is 17.2 Å². The van der Waals surface area contributed by atoms with Crippen LogP contribution in [0.2, 0.25) is 0 Å². The SMILES string of the molecule is COCCOCCOc1ccc(OCCOc2ccc(C)cc2)cc1. The van der Waals surface area contributed by atoms with E-state index in [-0.39, 0.29) is 0 Å². The summed E-state index contributed by atoms with van der Waals surface area (Å²) in [6.07, 6.45) is 0. The number of rotatable bonds is 12. The predicted octanol–water partition coefficient (Wildman–Crippen LogP) is 3.49. The van der Waals surface area contributed by atoms with E-state index in [1.165, 1.54) is 5.56 Å². The van der Waals surface area contributed by atoms with Crippen LogP contribution in [0.4, 0.5) is 0 Å². The van der Waals surface area contributed by atoms with Crippen LogP contribution in [0.15, 0.2) is 48.5 Å². The van der Waals surface area contributed by atoms with Crippen LogP contribution in [0.1, 0.15) is 5.56 Å². The molecule has 0 radical (unpaired) electrons. The van der Waals surface area contributed by atoms with Gasteiger partial charge in [-0.15, -0.1) is 0 Å². The average molecular weight is 346 g/mol. The van der Waals surface area contributed by atoms with Crippen molar-refractivity contribution in [3.63, 3.8) is 0 Å². The summed E-state index contributed by atoms with van der Waals surface area (Å²) in [5.41, 5.74) is 1.22. The van der Waals surface area contributed by atoms with Crippen molar-refractivity contribution in [3.05, 3.63) is 54.1 Å². The largest absolute Gasteiger partial charge is 0.491 e. The summed E-state index contributed by atoms with van der Waals surface area (Å²) in [6, 6.07) is 15.5. The summed E-state index contributed by atoms with van der Waals surface area (Å²) < 4.78 is 27.1. The predicted molar refractivity (Wildman–Crippen MR) is 96.8 cm³/mol. The lowest BCUT2D eigenvalue weighted by Crippen LogP contribution is -2.10. The lowest BCUT2D eigenvalue weighted by atomic mass is 10.2. The van der Waals surface area contributed by atoms with Crippen LogP contribution < -0.4 is 14.2 Å². The van der Waals surface area contributed by atoms with Crippen LogP contribution in [0.5, 0.6) is 17.2 Å². The highest BCUT2D eigenvalue weighted by molar-refractivity contribution is 5.31. The van der Waals surface area contributed by atoms with E-state index in [1.54, 1.807) is 7.11 Å². The Morgan fingerprint density at radius 3 is 1.44 bits per heavy atom. The number of hydrogen-bond acceptors (Lipinski definition) is 5. The molecule has 0 saturated heterocycles. The number of ether oxygens (including phenoxy) is 5. The molecule has 0 aliphatic rings. The first-order valence-corrected chi connectivity index (χ1v) is 8.40. The smallest absolute Gasteiger partial charge is 0.122 e. The van der Waals surface area contributed by atoms with Gasteiger partial charge in [-0.05, 0) is 43.3 Å². The first-order chi connectivity index (χ1) is 12.3. The summed E-state index contributed by atoms with van der Waals surface area (Å²) in [5, 5.41) is 0. The minimum absolute atomic E-state index is 0.488. The van der Waals surface area contributed by atoms with Gasteiger partial charge in [0.25, 0.3) is 0 Å². The third-order valence-corrected chi connectivity index (χ3v) is 3.39. The molecule has 0 heterocycles. The lowest BCUT2D eigenvalue weighted by molar-refractivity contribution is 0.0544. The fourth-order valence-corrected chi connectivity index (χ4v) is 2.05. The van der Waals surface area contributed by atoms with E-state index >= 15 is 0 Å². The Hall–Kier alpha value is -2.24. The molecule has 2 aromatic rings. The molecule has 25 heavy (non-hydrogen) atoms. The van der Waals surface area contributed by atoms with Crippen molar-refractivity contribution in [2.45, 2.75) is 6.92 Å². The monoisotopic (exact) mass is 346 g/mol. The average Bonchev–Trinajstić information content (AvgIpc) is 2.64. The molecule has 0 amide bonds. The zero-order valence-electron chi connectivity index (χ0n) is 14.9. The summed E-state index contributed by atoms with van der Waals surface area (Å²) in [6.45, 7) is 5.26. The Labute approximate surface area is 149 Å². The zero-order valence-corrected chi connectivity index (χ0v) is 14.9. The maximum absolute atomic E-state index is 5.66. The number of aryl methyl sites for hydroxylation is 1. The van der Waals surface area contributed by atoms with Crippen molar-refractivity contribution < 1.29 is 23.7 Å². The molecule has 5 heteroatoms. The summed E-state index contributed by atoms with van der Waals surface area (Å²) in [7, 11) is 1.65. The van der Waals surface area contributed by atoms with Gasteiger partial charge < -0.3 is 23.7 Å². The molecule has 2 rings (SSSR count). The van der Waals surface area contributed by atoms with Gasteiger partial charge in [0.05, 0.1) is 19.8 Å². The number of hydrogen-bond donors (Lipinski definition) is 0. The second kappa shape index (κ2) is 11.3.